The Morgan fingerprint density at radius 2 is 1.93 bits per heavy atom. The van der Waals surface area contributed by atoms with Crippen LogP contribution in [0.3, 0.4) is 0 Å². The summed E-state index contributed by atoms with van der Waals surface area (Å²) in [6, 6.07) is 5.48. The van der Waals surface area contributed by atoms with E-state index in [2.05, 4.69) is 5.32 Å². The first-order valence-electron chi connectivity index (χ1n) is 4.28. The Balaban J connectivity index is 0.00000169. The molecule has 0 heterocycles. The monoisotopic (exact) mass is 216 g/mol. The Morgan fingerprint density at radius 3 is 2.57 bits per heavy atom. The van der Waals surface area contributed by atoms with E-state index in [1.54, 1.807) is 6.07 Å². The van der Waals surface area contributed by atoms with Gasteiger partial charge in [0.25, 0.3) is 0 Å². The minimum Gasteiger partial charge on any atom is -0.399 e. The molecule has 0 bridgehead atoms. The summed E-state index contributed by atoms with van der Waals surface area (Å²) in [4.78, 5) is 0. The maximum Gasteiger partial charge on any atom is 0.0361 e. The topological polar surface area (TPSA) is 90.1 Å². The van der Waals surface area contributed by atoms with Crippen LogP contribution in [0.4, 0.5) is 11.4 Å². The average molecular weight is 217 g/mol. The molecule has 14 heavy (non-hydrogen) atoms. The van der Waals surface area contributed by atoms with E-state index in [9.17, 15) is 0 Å². The Bertz CT molecular complexity index is 278. The van der Waals surface area contributed by atoms with Crippen LogP contribution in [-0.4, -0.2) is 13.1 Å². The fourth-order valence-electron chi connectivity index (χ4n) is 1.10. The van der Waals surface area contributed by atoms with E-state index in [0.717, 1.165) is 23.5 Å². The van der Waals surface area contributed by atoms with E-state index in [1.807, 2.05) is 12.1 Å². The highest BCUT2D eigenvalue weighted by Gasteiger charge is 1.98. The molecule has 0 amide bonds. The van der Waals surface area contributed by atoms with Gasteiger partial charge in [-0.05, 0) is 23.8 Å². The lowest BCUT2D eigenvalue weighted by Gasteiger charge is -2.07. The summed E-state index contributed by atoms with van der Waals surface area (Å²) >= 11 is 0. The second-order valence-corrected chi connectivity index (χ2v) is 2.92. The molecule has 0 aliphatic rings. The van der Waals surface area contributed by atoms with Crippen molar-refractivity contribution in [2.75, 3.05) is 24.6 Å². The van der Waals surface area contributed by atoms with Gasteiger partial charge in [0.05, 0.1) is 0 Å². The molecule has 0 atom stereocenters. The van der Waals surface area contributed by atoms with Gasteiger partial charge in [-0.2, -0.15) is 0 Å². The van der Waals surface area contributed by atoms with Gasteiger partial charge in [-0.1, -0.05) is 0 Å². The molecule has 1 aromatic rings. The second-order valence-electron chi connectivity index (χ2n) is 2.92. The number of nitrogen functional groups attached to an aromatic ring is 2. The van der Waals surface area contributed by atoms with Crippen molar-refractivity contribution in [3.05, 3.63) is 23.8 Å². The maximum absolute atomic E-state index is 5.74. The first kappa shape index (κ1) is 13.0. The van der Waals surface area contributed by atoms with Crippen LogP contribution in [0.25, 0.3) is 0 Å². The number of anilines is 2. The Hall–Kier alpha value is -0.970. The van der Waals surface area contributed by atoms with Crippen LogP contribution in [0.15, 0.2) is 18.2 Å². The lowest BCUT2D eigenvalue weighted by molar-refractivity contribution is 0.696. The number of benzene rings is 1. The zero-order valence-corrected chi connectivity index (χ0v) is 8.81. The molecule has 80 valence electrons. The molecule has 0 saturated carbocycles. The largest absolute Gasteiger partial charge is 0.399 e. The van der Waals surface area contributed by atoms with E-state index in [0.29, 0.717) is 13.1 Å². The molecule has 0 aliphatic heterocycles. The Morgan fingerprint density at radius 1 is 1.21 bits per heavy atom. The normalized spacial score (nSPS) is 9.50. The van der Waals surface area contributed by atoms with Crippen molar-refractivity contribution in [1.82, 2.24) is 5.32 Å². The number of hydrogen-bond acceptors (Lipinski definition) is 4. The van der Waals surface area contributed by atoms with Crippen LogP contribution >= 0.6 is 12.4 Å². The van der Waals surface area contributed by atoms with Crippen LogP contribution in [0.5, 0.6) is 0 Å². The smallest absolute Gasteiger partial charge is 0.0361 e. The quantitative estimate of drug-likeness (QED) is 0.431. The van der Waals surface area contributed by atoms with Crippen LogP contribution in [-0.2, 0) is 6.54 Å². The molecule has 5 heteroatoms. The Labute approximate surface area is 90.2 Å². The first-order valence-corrected chi connectivity index (χ1v) is 4.28. The number of rotatable bonds is 4. The molecule has 0 spiro atoms. The van der Waals surface area contributed by atoms with Crippen LogP contribution in [0.2, 0.25) is 0 Å². The van der Waals surface area contributed by atoms with Gasteiger partial charge in [0.1, 0.15) is 0 Å². The standard InChI is InChI=1S/C9H16N4.ClH/c10-3-4-13-6-7-5-8(11)1-2-9(7)12;/h1-2,5,13H,3-4,6,10-12H2;1H. The molecule has 4 nitrogen and oxygen atoms in total. The van der Waals surface area contributed by atoms with Gasteiger partial charge in [-0.25, -0.2) is 0 Å². The summed E-state index contributed by atoms with van der Waals surface area (Å²) < 4.78 is 0. The van der Waals surface area contributed by atoms with Crippen LogP contribution in [0, 0.1) is 0 Å². The van der Waals surface area contributed by atoms with Gasteiger partial charge in [0, 0.05) is 31.0 Å². The van der Waals surface area contributed by atoms with Crippen molar-refractivity contribution >= 4 is 23.8 Å². The molecular formula is C9H17ClN4. The van der Waals surface area contributed by atoms with Gasteiger partial charge in [0.2, 0.25) is 0 Å². The molecule has 0 radical (unpaired) electrons. The second kappa shape index (κ2) is 6.48. The van der Waals surface area contributed by atoms with Gasteiger partial charge >= 0.3 is 0 Å². The predicted octanol–water partition coefficient (Wildman–Crippen LogP) is 0.321. The maximum atomic E-state index is 5.74. The highest BCUT2D eigenvalue weighted by atomic mass is 35.5. The zero-order valence-electron chi connectivity index (χ0n) is 7.99. The minimum absolute atomic E-state index is 0. The molecule has 0 aromatic heterocycles. The zero-order chi connectivity index (χ0) is 9.68. The fourth-order valence-corrected chi connectivity index (χ4v) is 1.10. The molecular weight excluding hydrogens is 200 g/mol. The van der Waals surface area contributed by atoms with Crippen molar-refractivity contribution in [3.8, 4) is 0 Å². The Kier molecular flexibility index (Phi) is 6.03. The molecule has 7 N–H and O–H groups in total. The fraction of sp³-hybridized carbons (Fsp3) is 0.333. The lowest BCUT2D eigenvalue weighted by atomic mass is 10.1. The molecule has 1 aromatic carbocycles. The van der Waals surface area contributed by atoms with Gasteiger partial charge < -0.3 is 22.5 Å². The third kappa shape index (κ3) is 3.83. The number of halogens is 1. The van der Waals surface area contributed by atoms with E-state index in [-0.39, 0.29) is 12.4 Å². The van der Waals surface area contributed by atoms with Gasteiger partial charge in [-0.15, -0.1) is 12.4 Å². The molecule has 0 aliphatic carbocycles. The lowest BCUT2D eigenvalue weighted by Crippen LogP contribution is -2.22. The average Bonchev–Trinajstić information content (AvgIpc) is 2.11. The summed E-state index contributed by atoms with van der Waals surface area (Å²) in [7, 11) is 0. The molecule has 1 rings (SSSR count). The van der Waals surface area contributed by atoms with Gasteiger partial charge in [-0.3, -0.25) is 0 Å². The summed E-state index contributed by atoms with van der Waals surface area (Å²) in [5.41, 5.74) is 19.2. The van der Waals surface area contributed by atoms with Gasteiger partial charge in [0.15, 0.2) is 0 Å². The summed E-state index contributed by atoms with van der Waals surface area (Å²) in [5.74, 6) is 0. The van der Waals surface area contributed by atoms with Crippen LogP contribution < -0.4 is 22.5 Å². The predicted molar refractivity (Wildman–Crippen MR) is 63.3 cm³/mol. The van der Waals surface area contributed by atoms with Crippen molar-refractivity contribution in [3.63, 3.8) is 0 Å². The van der Waals surface area contributed by atoms with Crippen LogP contribution in [0.1, 0.15) is 5.56 Å². The molecule has 0 saturated heterocycles. The van der Waals surface area contributed by atoms with E-state index < -0.39 is 0 Å². The SMILES string of the molecule is Cl.NCCNCc1cc(N)ccc1N. The highest BCUT2D eigenvalue weighted by molar-refractivity contribution is 5.85. The number of nitrogens with two attached hydrogens (primary N) is 3. The minimum atomic E-state index is 0. The third-order valence-corrected chi connectivity index (χ3v) is 1.80. The summed E-state index contributed by atoms with van der Waals surface area (Å²) in [6.45, 7) is 2.13. The van der Waals surface area contributed by atoms with Crippen molar-refractivity contribution in [1.29, 1.82) is 0 Å². The number of nitrogens with one attached hydrogen (secondary N) is 1. The van der Waals surface area contributed by atoms with Crippen molar-refractivity contribution in [2.24, 2.45) is 5.73 Å². The van der Waals surface area contributed by atoms with Crippen molar-refractivity contribution in [2.45, 2.75) is 6.54 Å². The number of hydrogen-bond donors (Lipinski definition) is 4. The molecule has 0 unspecified atom stereocenters. The van der Waals surface area contributed by atoms with Crippen molar-refractivity contribution < 1.29 is 0 Å². The van der Waals surface area contributed by atoms with E-state index >= 15 is 0 Å². The molecule has 0 fully saturated rings. The summed E-state index contributed by atoms with van der Waals surface area (Å²) in [6.07, 6.45) is 0. The highest BCUT2D eigenvalue weighted by Crippen LogP contribution is 2.14. The van der Waals surface area contributed by atoms with E-state index in [4.69, 9.17) is 17.2 Å². The summed E-state index contributed by atoms with van der Waals surface area (Å²) in [5, 5.41) is 3.16. The van der Waals surface area contributed by atoms with E-state index in [1.165, 1.54) is 0 Å². The third-order valence-electron chi connectivity index (χ3n) is 1.80. The first-order chi connectivity index (χ1) is 6.24.